The first-order chi connectivity index (χ1) is 5.40. The molecular formula is C6H3N5. The van der Waals surface area contributed by atoms with Gasteiger partial charge >= 0.3 is 0 Å². The third-order valence-corrected chi connectivity index (χ3v) is 1.28. The molecule has 0 spiro atoms. The second-order valence-corrected chi connectivity index (χ2v) is 1.99. The van der Waals surface area contributed by atoms with Crippen molar-refractivity contribution in [3.05, 3.63) is 24.3 Å². The molecular weight excluding hydrogens is 142 g/mol. The van der Waals surface area contributed by atoms with E-state index in [1.807, 2.05) is 6.07 Å². The Hall–Kier alpha value is -1.96. The highest BCUT2D eigenvalue weighted by Crippen LogP contribution is 1.96. The van der Waals surface area contributed by atoms with Crippen LogP contribution in [0.5, 0.6) is 0 Å². The zero-order valence-corrected chi connectivity index (χ0v) is 5.47. The first-order valence-corrected chi connectivity index (χ1v) is 2.95. The standard InChI is InChI=1S/C6H3N5/c7-1-5-2-8-6-10-9-4-11(6)3-5/h2-4H. The minimum Gasteiger partial charge on any atom is -0.272 e. The van der Waals surface area contributed by atoms with Crippen molar-refractivity contribution in [2.24, 2.45) is 0 Å². The highest BCUT2D eigenvalue weighted by atomic mass is 15.3. The fourth-order valence-electron chi connectivity index (χ4n) is 0.788. The molecule has 0 radical (unpaired) electrons. The molecule has 0 saturated carbocycles. The molecule has 5 heteroatoms. The van der Waals surface area contributed by atoms with Gasteiger partial charge in [-0.25, -0.2) is 4.98 Å². The van der Waals surface area contributed by atoms with Crippen LogP contribution in [0, 0.1) is 11.3 Å². The first kappa shape index (κ1) is 5.80. The van der Waals surface area contributed by atoms with Gasteiger partial charge in [-0.3, -0.25) is 4.40 Å². The molecule has 2 aromatic rings. The van der Waals surface area contributed by atoms with Crippen LogP contribution in [-0.2, 0) is 0 Å². The van der Waals surface area contributed by atoms with E-state index in [1.165, 1.54) is 12.5 Å². The predicted octanol–water partition coefficient (Wildman–Crippen LogP) is -0.00402. The number of rotatable bonds is 0. The molecule has 0 aliphatic heterocycles. The number of nitrogens with zero attached hydrogens (tertiary/aromatic N) is 5. The summed E-state index contributed by atoms with van der Waals surface area (Å²) in [5, 5.41) is 15.8. The first-order valence-electron chi connectivity index (χ1n) is 2.95. The van der Waals surface area contributed by atoms with E-state index in [-0.39, 0.29) is 0 Å². The molecule has 0 aliphatic carbocycles. The average molecular weight is 145 g/mol. The number of fused-ring (bicyclic) bond motifs is 1. The van der Waals surface area contributed by atoms with Gasteiger partial charge in [-0.05, 0) is 0 Å². The summed E-state index contributed by atoms with van der Waals surface area (Å²) in [6.07, 6.45) is 4.59. The van der Waals surface area contributed by atoms with Crippen LogP contribution in [0.25, 0.3) is 5.78 Å². The van der Waals surface area contributed by atoms with Gasteiger partial charge in [0, 0.05) is 6.20 Å². The normalized spacial score (nSPS) is 9.73. The topological polar surface area (TPSA) is 66.9 Å². The third-order valence-electron chi connectivity index (χ3n) is 1.28. The van der Waals surface area contributed by atoms with Crippen LogP contribution in [0.15, 0.2) is 18.7 Å². The monoisotopic (exact) mass is 145 g/mol. The minimum absolute atomic E-state index is 0.498. The molecule has 0 amide bonds. The van der Waals surface area contributed by atoms with Gasteiger partial charge in [0.2, 0.25) is 0 Å². The van der Waals surface area contributed by atoms with Crippen LogP contribution in [0.1, 0.15) is 5.56 Å². The molecule has 0 atom stereocenters. The number of hydrogen-bond donors (Lipinski definition) is 0. The summed E-state index contributed by atoms with van der Waals surface area (Å²) in [4.78, 5) is 3.88. The maximum atomic E-state index is 8.49. The molecule has 0 aromatic carbocycles. The Balaban J connectivity index is 2.79. The van der Waals surface area contributed by atoms with E-state index < -0.39 is 0 Å². The summed E-state index contributed by atoms with van der Waals surface area (Å²) in [6, 6.07) is 1.97. The van der Waals surface area contributed by atoms with Crippen molar-refractivity contribution < 1.29 is 0 Å². The van der Waals surface area contributed by atoms with Crippen LogP contribution in [0.2, 0.25) is 0 Å². The molecule has 52 valence electrons. The highest BCUT2D eigenvalue weighted by Gasteiger charge is 1.95. The SMILES string of the molecule is N#Cc1cnc2nncn2c1. The second-order valence-electron chi connectivity index (χ2n) is 1.99. The van der Waals surface area contributed by atoms with Crippen molar-refractivity contribution in [3.8, 4) is 6.07 Å². The molecule has 0 unspecified atom stereocenters. The van der Waals surface area contributed by atoms with Gasteiger partial charge in [-0.2, -0.15) is 5.26 Å². The quantitative estimate of drug-likeness (QED) is 0.523. The summed E-state index contributed by atoms with van der Waals surface area (Å²) in [7, 11) is 0. The van der Waals surface area contributed by atoms with Crippen molar-refractivity contribution in [2.75, 3.05) is 0 Å². The van der Waals surface area contributed by atoms with Crippen LogP contribution >= 0.6 is 0 Å². The maximum Gasteiger partial charge on any atom is 0.254 e. The zero-order valence-electron chi connectivity index (χ0n) is 5.47. The van der Waals surface area contributed by atoms with Gasteiger partial charge in [0.15, 0.2) is 0 Å². The lowest BCUT2D eigenvalue weighted by Crippen LogP contribution is -1.88. The number of nitriles is 1. The summed E-state index contributed by atoms with van der Waals surface area (Å²) >= 11 is 0. The van der Waals surface area contributed by atoms with Crippen molar-refractivity contribution in [3.63, 3.8) is 0 Å². The van der Waals surface area contributed by atoms with Crippen LogP contribution in [-0.4, -0.2) is 19.6 Å². The van der Waals surface area contributed by atoms with E-state index in [0.717, 1.165) is 0 Å². The molecule has 11 heavy (non-hydrogen) atoms. The van der Waals surface area contributed by atoms with Gasteiger partial charge in [0.1, 0.15) is 12.4 Å². The second kappa shape index (κ2) is 2.02. The maximum absolute atomic E-state index is 8.49. The van der Waals surface area contributed by atoms with E-state index in [2.05, 4.69) is 15.2 Å². The van der Waals surface area contributed by atoms with Crippen molar-refractivity contribution in [1.82, 2.24) is 19.6 Å². The van der Waals surface area contributed by atoms with E-state index in [0.29, 0.717) is 11.3 Å². The Labute approximate surface area is 61.9 Å². The molecule has 0 fully saturated rings. The molecule has 2 aromatic heterocycles. The Morgan fingerprint density at radius 3 is 3.27 bits per heavy atom. The lowest BCUT2D eigenvalue weighted by Gasteiger charge is -1.88. The van der Waals surface area contributed by atoms with Crippen molar-refractivity contribution >= 4 is 5.78 Å². The molecule has 0 N–H and O–H groups in total. The molecule has 2 heterocycles. The minimum atomic E-state index is 0.498. The Bertz CT molecular complexity index is 424. The number of aromatic nitrogens is 4. The predicted molar refractivity (Wildman–Crippen MR) is 35.5 cm³/mol. The summed E-state index contributed by atoms with van der Waals surface area (Å²) < 4.78 is 1.60. The molecule has 0 aliphatic rings. The van der Waals surface area contributed by atoms with Crippen LogP contribution in [0.4, 0.5) is 0 Å². The van der Waals surface area contributed by atoms with Crippen molar-refractivity contribution in [1.29, 1.82) is 5.26 Å². The van der Waals surface area contributed by atoms with Gasteiger partial charge in [0.05, 0.1) is 11.8 Å². The summed E-state index contributed by atoms with van der Waals surface area (Å²) in [6.45, 7) is 0. The molecule has 5 nitrogen and oxygen atoms in total. The van der Waals surface area contributed by atoms with Gasteiger partial charge in [-0.1, -0.05) is 0 Å². The molecule has 0 saturated heterocycles. The van der Waals surface area contributed by atoms with Crippen LogP contribution < -0.4 is 0 Å². The zero-order chi connectivity index (χ0) is 7.68. The van der Waals surface area contributed by atoms with E-state index in [1.54, 1.807) is 10.6 Å². The van der Waals surface area contributed by atoms with Gasteiger partial charge < -0.3 is 0 Å². The van der Waals surface area contributed by atoms with E-state index in [4.69, 9.17) is 5.26 Å². The number of hydrogen-bond acceptors (Lipinski definition) is 4. The van der Waals surface area contributed by atoms with Crippen molar-refractivity contribution in [2.45, 2.75) is 0 Å². The Kier molecular flexibility index (Phi) is 1.07. The van der Waals surface area contributed by atoms with Gasteiger partial charge in [0.25, 0.3) is 5.78 Å². The third kappa shape index (κ3) is 0.809. The summed E-state index contributed by atoms with van der Waals surface area (Å²) in [5.74, 6) is 0.504. The summed E-state index contributed by atoms with van der Waals surface area (Å²) in [5.41, 5.74) is 0.498. The largest absolute Gasteiger partial charge is 0.272 e. The average Bonchev–Trinajstić information content (AvgIpc) is 2.50. The fourth-order valence-corrected chi connectivity index (χ4v) is 0.788. The van der Waals surface area contributed by atoms with Crippen LogP contribution in [0.3, 0.4) is 0 Å². The fraction of sp³-hybridized carbons (Fsp3) is 0. The lowest BCUT2D eigenvalue weighted by molar-refractivity contribution is 1.09. The highest BCUT2D eigenvalue weighted by molar-refractivity contribution is 5.31. The van der Waals surface area contributed by atoms with E-state index in [9.17, 15) is 0 Å². The lowest BCUT2D eigenvalue weighted by atomic mass is 10.4. The van der Waals surface area contributed by atoms with Gasteiger partial charge in [-0.15, -0.1) is 10.2 Å². The molecule has 0 bridgehead atoms. The Morgan fingerprint density at radius 1 is 1.55 bits per heavy atom. The molecule has 2 rings (SSSR count). The van der Waals surface area contributed by atoms with E-state index >= 15 is 0 Å². The Morgan fingerprint density at radius 2 is 2.45 bits per heavy atom. The smallest absolute Gasteiger partial charge is 0.254 e.